The summed E-state index contributed by atoms with van der Waals surface area (Å²) in [6, 6.07) is 20.4. The summed E-state index contributed by atoms with van der Waals surface area (Å²) in [7, 11) is 0. The van der Waals surface area contributed by atoms with E-state index in [9.17, 15) is 9.59 Å². The third-order valence-corrected chi connectivity index (χ3v) is 6.24. The molecule has 0 saturated carbocycles. The quantitative estimate of drug-likeness (QED) is 0.410. The molecule has 2 amide bonds. The molecule has 30 heavy (non-hydrogen) atoms. The molecule has 3 aromatic rings. The van der Waals surface area contributed by atoms with Crippen LogP contribution < -0.4 is 9.80 Å². The van der Waals surface area contributed by atoms with Gasteiger partial charge in [-0.3, -0.25) is 14.6 Å². The molecule has 1 atom stereocenters. The van der Waals surface area contributed by atoms with Crippen molar-refractivity contribution in [2.24, 2.45) is 0 Å². The zero-order valence-electron chi connectivity index (χ0n) is 16.8. The van der Waals surface area contributed by atoms with Crippen molar-refractivity contribution in [3.8, 4) is 0 Å². The molecular weight excluding hydrogens is 464 g/mol. The van der Waals surface area contributed by atoms with Gasteiger partial charge in [0.2, 0.25) is 0 Å². The van der Waals surface area contributed by atoms with Crippen molar-refractivity contribution in [2.75, 3.05) is 9.80 Å². The molecule has 1 aliphatic heterocycles. The Bertz CT molecular complexity index is 1090. The maximum absolute atomic E-state index is 13.6. The lowest BCUT2D eigenvalue weighted by atomic mass is 10.0. The lowest BCUT2D eigenvalue weighted by Crippen LogP contribution is -2.52. The SMILES string of the molecule is CC(C)(C)OC(=O)N1c2ccccc2C(=O)N(c2ccccc2)C1c1ccc(Br)s1. The average Bonchev–Trinajstić information content (AvgIpc) is 3.13. The van der Waals surface area contributed by atoms with Crippen molar-refractivity contribution in [2.45, 2.75) is 32.5 Å². The molecule has 1 aliphatic rings. The highest BCUT2D eigenvalue weighted by molar-refractivity contribution is 9.11. The topological polar surface area (TPSA) is 49.9 Å². The van der Waals surface area contributed by atoms with Crippen LogP contribution in [0, 0.1) is 0 Å². The van der Waals surface area contributed by atoms with Gasteiger partial charge in [-0.15, -0.1) is 11.3 Å². The van der Waals surface area contributed by atoms with Crippen molar-refractivity contribution in [3.05, 3.63) is 81.0 Å². The zero-order chi connectivity index (χ0) is 21.5. The number of carbonyl (C=O) groups is 2. The first-order valence-electron chi connectivity index (χ1n) is 9.51. The van der Waals surface area contributed by atoms with Gasteiger partial charge in [0.05, 0.1) is 15.0 Å². The second-order valence-corrected chi connectivity index (χ2v) is 10.4. The first kappa shape index (κ1) is 20.6. The average molecular weight is 485 g/mol. The lowest BCUT2D eigenvalue weighted by molar-refractivity contribution is 0.0560. The van der Waals surface area contributed by atoms with Crippen LogP contribution in [0.3, 0.4) is 0 Å². The number of para-hydroxylation sites is 2. The maximum atomic E-state index is 13.6. The third kappa shape index (κ3) is 3.87. The number of thiophene rings is 1. The monoisotopic (exact) mass is 484 g/mol. The van der Waals surface area contributed by atoms with Gasteiger partial charge in [0.1, 0.15) is 5.60 Å². The predicted molar refractivity (Wildman–Crippen MR) is 123 cm³/mol. The molecule has 5 nitrogen and oxygen atoms in total. The normalized spacial score (nSPS) is 16.4. The summed E-state index contributed by atoms with van der Waals surface area (Å²) in [5.41, 5.74) is 1.03. The third-order valence-electron chi connectivity index (χ3n) is 4.57. The van der Waals surface area contributed by atoms with Gasteiger partial charge in [-0.05, 0) is 73.1 Å². The van der Waals surface area contributed by atoms with Gasteiger partial charge in [-0.1, -0.05) is 30.3 Å². The van der Waals surface area contributed by atoms with E-state index in [1.807, 2.05) is 69.3 Å². The fraction of sp³-hybridized carbons (Fsp3) is 0.217. The standard InChI is InChI=1S/C23H21BrN2O3S/c1-23(2,3)29-22(28)26-17-12-8-7-11-16(17)21(27)25(15-9-5-4-6-10-15)20(26)18-13-14-19(24)30-18/h4-14,20H,1-3H3. The van der Waals surface area contributed by atoms with Crippen molar-refractivity contribution >= 4 is 50.6 Å². The van der Waals surface area contributed by atoms with Crippen molar-refractivity contribution in [1.29, 1.82) is 0 Å². The number of ether oxygens (including phenoxy) is 1. The van der Waals surface area contributed by atoms with E-state index in [-0.39, 0.29) is 5.91 Å². The number of carbonyl (C=O) groups excluding carboxylic acids is 2. The molecule has 154 valence electrons. The number of nitrogens with zero attached hydrogens (tertiary/aromatic N) is 2. The summed E-state index contributed by atoms with van der Waals surface area (Å²) in [5.74, 6) is -0.161. The van der Waals surface area contributed by atoms with Gasteiger partial charge >= 0.3 is 6.09 Å². The van der Waals surface area contributed by atoms with Crippen LogP contribution in [0.4, 0.5) is 16.2 Å². The van der Waals surface area contributed by atoms with Crippen LogP contribution in [0.1, 0.15) is 42.2 Å². The molecule has 2 heterocycles. The van der Waals surface area contributed by atoms with E-state index in [1.165, 1.54) is 11.3 Å². The van der Waals surface area contributed by atoms with E-state index in [1.54, 1.807) is 28.0 Å². The van der Waals surface area contributed by atoms with Crippen LogP contribution in [0.2, 0.25) is 0 Å². The Balaban J connectivity index is 1.95. The van der Waals surface area contributed by atoms with Crippen molar-refractivity contribution in [1.82, 2.24) is 0 Å². The summed E-state index contributed by atoms with van der Waals surface area (Å²) >= 11 is 4.99. The van der Waals surface area contributed by atoms with E-state index in [4.69, 9.17) is 4.74 Å². The molecular formula is C23H21BrN2O3S. The number of hydrogen-bond acceptors (Lipinski definition) is 4. The van der Waals surface area contributed by atoms with E-state index in [0.29, 0.717) is 16.9 Å². The summed E-state index contributed by atoms with van der Waals surface area (Å²) in [5, 5.41) is 0. The highest BCUT2D eigenvalue weighted by atomic mass is 79.9. The van der Waals surface area contributed by atoms with Gasteiger partial charge in [0, 0.05) is 10.6 Å². The fourth-order valence-electron chi connectivity index (χ4n) is 3.43. The van der Waals surface area contributed by atoms with E-state index in [2.05, 4.69) is 15.9 Å². The number of benzene rings is 2. The Morgan fingerprint density at radius 2 is 1.67 bits per heavy atom. The predicted octanol–water partition coefficient (Wildman–Crippen LogP) is 6.61. The van der Waals surface area contributed by atoms with Crippen molar-refractivity contribution in [3.63, 3.8) is 0 Å². The van der Waals surface area contributed by atoms with Gasteiger partial charge < -0.3 is 4.74 Å². The highest BCUT2D eigenvalue weighted by Crippen LogP contribution is 2.44. The van der Waals surface area contributed by atoms with Crippen molar-refractivity contribution < 1.29 is 14.3 Å². The molecule has 7 heteroatoms. The van der Waals surface area contributed by atoms with Gasteiger partial charge in [0.25, 0.3) is 5.91 Å². The molecule has 2 aromatic carbocycles. The van der Waals surface area contributed by atoms with Gasteiger partial charge in [-0.25, -0.2) is 4.79 Å². The number of anilines is 2. The summed E-state index contributed by atoms with van der Waals surface area (Å²) in [4.78, 5) is 31.1. The summed E-state index contributed by atoms with van der Waals surface area (Å²) in [6.45, 7) is 5.49. The Hall–Kier alpha value is -2.64. The van der Waals surface area contributed by atoms with E-state index in [0.717, 1.165) is 8.66 Å². The number of amides is 2. The molecule has 0 bridgehead atoms. The minimum atomic E-state index is -0.675. The van der Waals surface area contributed by atoms with Crippen LogP contribution in [0.5, 0.6) is 0 Å². The Kier molecular flexibility index (Phi) is 5.42. The number of hydrogen-bond donors (Lipinski definition) is 0. The first-order chi connectivity index (χ1) is 14.3. The Morgan fingerprint density at radius 3 is 2.30 bits per heavy atom. The molecule has 0 radical (unpaired) electrons. The van der Waals surface area contributed by atoms with Crippen LogP contribution in [-0.2, 0) is 4.74 Å². The molecule has 0 N–H and O–H groups in total. The molecule has 4 rings (SSSR count). The zero-order valence-corrected chi connectivity index (χ0v) is 19.2. The fourth-order valence-corrected chi connectivity index (χ4v) is 4.94. The summed E-state index contributed by atoms with van der Waals surface area (Å²) in [6.07, 6.45) is -1.17. The van der Waals surface area contributed by atoms with Crippen LogP contribution in [-0.4, -0.2) is 17.6 Å². The Labute approximate surface area is 188 Å². The summed E-state index contributed by atoms with van der Waals surface area (Å²) < 4.78 is 6.67. The van der Waals surface area contributed by atoms with Gasteiger partial charge in [-0.2, -0.15) is 0 Å². The molecule has 0 aliphatic carbocycles. The second-order valence-electron chi connectivity index (χ2n) is 7.89. The molecule has 1 unspecified atom stereocenters. The maximum Gasteiger partial charge on any atom is 0.416 e. The minimum absolute atomic E-state index is 0.161. The molecule has 0 spiro atoms. The molecule has 0 saturated heterocycles. The number of halogens is 1. The van der Waals surface area contributed by atoms with E-state index >= 15 is 0 Å². The second kappa shape index (κ2) is 7.89. The minimum Gasteiger partial charge on any atom is -0.443 e. The van der Waals surface area contributed by atoms with Gasteiger partial charge in [0.15, 0.2) is 6.17 Å². The van der Waals surface area contributed by atoms with E-state index < -0.39 is 17.9 Å². The smallest absolute Gasteiger partial charge is 0.416 e. The number of fused-ring (bicyclic) bond motifs is 1. The number of rotatable bonds is 2. The van der Waals surface area contributed by atoms with Crippen LogP contribution in [0.15, 0.2) is 70.5 Å². The first-order valence-corrected chi connectivity index (χ1v) is 11.1. The lowest BCUT2D eigenvalue weighted by Gasteiger charge is -2.43. The van der Waals surface area contributed by atoms with Crippen LogP contribution >= 0.6 is 27.3 Å². The van der Waals surface area contributed by atoms with Crippen LogP contribution in [0.25, 0.3) is 0 Å². The molecule has 0 fully saturated rings. The largest absolute Gasteiger partial charge is 0.443 e. The highest BCUT2D eigenvalue weighted by Gasteiger charge is 2.44. The Morgan fingerprint density at radius 1 is 1.00 bits per heavy atom. The molecule has 1 aromatic heterocycles.